The van der Waals surface area contributed by atoms with E-state index in [4.69, 9.17) is 10.8 Å². The number of hydrogen-bond acceptors (Lipinski definition) is 4. The summed E-state index contributed by atoms with van der Waals surface area (Å²) in [5.74, 6) is -1.75. The Morgan fingerprint density at radius 1 is 1.40 bits per heavy atom. The molecule has 0 atom stereocenters. The highest BCUT2D eigenvalue weighted by molar-refractivity contribution is 5.88. The topological polar surface area (TPSA) is 87.4 Å². The van der Waals surface area contributed by atoms with Gasteiger partial charge in [-0.05, 0) is 30.0 Å². The highest BCUT2D eigenvalue weighted by Gasteiger charge is 2.17. The van der Waals surface area contributed by atoms with Gasteiger partial charge in [0.1, 0.15) is 11.5 Å². The van der Waals surface area contributed by atoms with Crippen molar-refractivity contribution >= 4 is 11.7 Å². The van der Waals surface area contributed by atoms with Gasteiger partial charge in [-0.15, -0.1) is 0 Å². The zero-order valence-corrected chi connectivity index (χ0v) is 10.6. The molecule has 1 heterocycles. The highest BCUT2D eigenvalue weighted by Crippen LogP contribution is 2.21. The van der Waals surface area contributed by atoms with Crippen molar-refractivity contribution in [2.75, 3.05) is 11.9 Å². The molecule has 0 fully saturated rings. The Morgan fingerprint density at radius 3 is 2.75 bits per heavy atom. The van der Waals surface area contributed by atoms with Crippen LogP contribution in [0.15, 0.2) is 59.6 Å². The number of carboxylic acid groups (broad SMARTS) is 1. The lowest BCUT2D eigenvalue weighted by atomic mass is 10.1. The summed E-state index contributed by atoms with van der Waals surface area (Å²) in [6.07, 6.45) is 5.16. The lowest BCUT2D eigenvalue weighted by Gasteiger charge is -2.18. The predicted octanol–water partition coefficient (Wildman–Crippen LogP) is 1.54. The third kappa shape index (κ3) is 2.97. The minimum atomic E-state index is -1.26. The number of nitrogens with one attached hydrogen (secondary N) is 2. The number of hydrogen-bond donors (Lipinski definition) is 4. The second-order valence-electron chi connectivity index (χ2n) is 4.13. The molecule has 5 N–H and O–H groups in total. The summed E-state index contributed by atoms with van der Waals surface area (Å²) in [5, 5.41) is 14.7. The summed E-state index contributed by atoms with van der Waals surface area (Å²) >= 11 is 0. The Balaban J connectivity index is 2.41. The van der Waals surface area contributed by atoms with Crippen molar-refractivity contribution in [3.8, 4) is 0 Å². The van der Waals surface area contributed by atoms with E-state index < -0.39 is 11.8 Å². The van der Waals surface area contributed by atoms with Gasteiger partial charge in [-0.3, -0.25) is 0 Å². The fraction of sp³-hybridized carbons (Fsp3) is 0.0714. The number of aliphatic carboxylic acids is 1. The number of benzene rings is 1. The molecule has 0 amide bonds. The third-order valence-corrected chi connectivity index (χ3v) is 2.76. The Bertz CT molecular complexity index is 621. The van der Waals surface area contributed by atoms with Crippen LogP contribution in [0.3, 0.4) is 0 Å². The molecular formula is C14H14FN3O2. The number of anilines is 1. The van der Waals surface area contributed by atoms with Gasteiger partial charge in [0.25, 0.3) is 0 Å². The lowest BCUT2D eigenvalue weighted by Crippen LogP contribution is -2.24. The average Bonchev–Trinajstić information content (AvgIpc) is 2.46. The smallest absolute Gasteiger partial charge is 0.353 e. The second kappa shape index (κ2) is 5.92. The van der Waals surface area contributed by atoms with E-state index in [9.17, 15) is 9.18 Å². The minimum Gasteiger partial charge on any atom is -0.477 e. The molecule has 5 nitrogen and oxygen atoms in total. The predicted molar refractivity (Wildman–Crippen MR) is 74.1 cm³/mol. The summed E-state index contributed by atoms with van der Waals surface area (Å²) in [7, 11) is 0. The lowest BCUT2D eigenvalue weighted by molar-refractivity contribution is -0.132. The fourth-order valence-corrected chi connectivity index (χ4v) is 1.76. The Morgan fingerprint density at radius 2 is 2.15 bits per heavy atom. The van der Waals surface area contributed by atoms with Gasteiger partial charge < -0.3 is 21.5 Å². The van der Waals surface area contributed by atoms with Gasteiger partial charge in [0.05, 0.1) is 11.4 Å². The van der Waals surface area contributed by atoms with Gasteiger partial charge in [-0.1, -0.05) is 18.2 Å². The first-order chi connectivity index (χ1) is 9.59. The summed E-state index contributed by atoms with van der Waals surface area (Å²) in [6, 6.07) is 5.99. The Hall–Kier alpha value is -2.76. The molecule has 0 unspecified atom stereocenters. The van der Waals surface area contributed by atoms with Crippen LogP contribution in [0.4, 0.5) is 10.1 Å². The molecule has 1 aliphatic rings. The maximum atomic E-state index is 13.7. The number of para-hydroxylation sites is 1. The quantitative estimate of drug-likeness (QED) is 0.626. The molecule has 1 aromatic rings. The van der Waals surface area contributed by atoms with Crippen LogP contribution in [0.5, 0.6) is 0 Å². The van der Waals surface area contributed by atoms with Gasteiger partial charge >= 0.3 is 5.97 Å². The molecule has 0 spiro atoms. The third-order valence-electron chi connectivity index (χ3n) is 2.76. The SMILES string of the molecule is N/C(C(=O)O)=C(\Nc1ccccc1F)C1=CC=CNC1. The number of carbonyl (C=O) groups is 1. The minimum absolute atomic E-state index is 0.169. The normalized spacial score (nSPS) is 14.9. The van der Waals surface area contributed by atoms with Crippen molar-refractivity contribution in [3.05, 3.63) is 65.4 Å². The zero-order chi connectivity index (χ0) is 14.5. The van der Waals surface area contributed by atoms with Crippen molar-refractivity contribution in [2.45, 2.75) is 0 Å². The van der Waals surface area contributed by atoms with Crippen molar-refractivity contribution < 1.29 is 14.3 Å². The van der Waals surface area contributed by atoms with Crippen molar-refractivity contribution in [1.82, 2.24) is 5.32 Å². The molecular weight excluding hydrogens is 261 g/mol. The Labute approximate surface area is 115 Å². The zero-order valence-electron chi connectivity index (χ0n) is 10.6. The largest absolute Gasteiger partial charge is 0.477 e. The highest BCUT2D eigenvalue weighted by atomic mass is 19.1. The van der Waals surface area contributed by atoms with E-state index in [1.807, 2.05) is 0 Å². The van der Waals surface area contributed by atoms with Crippen LogP contribution < -0.4 is 16.4 Å². The van der Waals surface area contributed by atoms with Gasteiger partial charge in [0.15, 0.2) is 0 Å². The molecule has 0 radical (unpaired) electrons. The van der Waals surface area contributed by atoms with Crippen LogP contribution in [-0.4, -0.2) is 17.6 Å². The van der Waals surface area contributed by atoms with E-state index in [-0.39, 0.29) is 17.1 Å². The van der Waals surface area contributed by atoms with Gasteiger partial charge in [0.2, 0.25) is 0 Å². The van der Waals surface area contributed by atoms with Crippen LogP contribution in [0.1, 0.15) is 0 Å². The van der Waals surface area contributed by atoms with Gasteiger partial charge in [-0.25, -0.2) is 9.18 Å². The number of rotatable bonds is 4. The second-order valence-corrected chi connectivity index (χ2v) is 4.13. The van der Waals surface area contributed by atoms with Crippen LogP contribution >= 0.6 is 0 Å². The van der Waals surface area contributed by atoms with Crippen molar-refractivity contribution in [1.29, 1.82) is 0 Å². The molecule has 104 valence electrons. The van der Waals surface area contributed by atoms with Gasteiger partial charge in [-0.2, -0.15) is 0 Å². The van der Waals surface area contributed by atoms with E-state index in [2.05, 4.69) is 10.6 Å². The first kappa shape index (κ1) is 13.7. The average molecular weight is 275 g/mol. The molecule has 1 aromatic carbocycles. The van der Waals surface area contributed by atoms with E-state index in [1.165, 1.54) is 12.1 Å². The summed E-state index contributed by atoms with van der Waals surface area (Å²) < 4.78 is 13.7. The van der Waals surface area contributed by atoms with E-state index >= 15 is 0 Å². The number of dihydropyridines is 1. The summed E-state index contributed by atoms with van der Waals surface area (Å²) in [5.41, 5.74) is 6.21. The monoisotopic (exact) mass is 275 g/mol. The molecule has 20 heavy (non-hydrogen) atoms. The summed E-state index contributed by atoms with van der Waals surface area (Å²) in [4.78, 5) is 11.1. The number of allylic oxidation sites excluding steroid dienone is 2. The first-order valence-electron chi connectivity index (χ1n) is 5.93. The van der Waals surface area contributed by atoms with Crippen LogP contribution in [0.25, 0.3) is 0 Å². The van der Waals surface area contributed by atoms with Crippen LogP contribution in [0, 0.1) is 5.82 Å². The molecule has 0 saturated carbocycles. The standard InChI is InChI=1S/C14H14FN3O2/c15-10-5-1-2-6-11(10)18-13(12(16)14(19)20)9-4-3-7-17-8-9/h1-7,17-18H,8,16H2,(H,19,20)/b13-12-. The number of nitrogens with two attached hydrogens (primary N) is 1. The molecule has 0 saturated heterocycles. The maximum Gasteiger partial charge on any atom is 0.353 e. The van der Waals surface area contributed by atoms with Crippen molar-refractivity contribution in [2.24, 2.45) is 5.73 Å². The van der Waals surface area contributed by atoms with Crippen LogP contribution in [0.2, 0.25) is 0 Å². The Kier molecular flexibility index (Phi) is 4.05. The molecule has 1 aliphatic heterocycles. The molecule has 2 rings (SSSR count). The fourth-order valence-electron chi connectivity index (χ4n) is 1.76. The molecule has 0 aliphatic carbocycles. The molecule has 6 heteroatoms. The summed E-state index contributed by atoms with van der Waals surface area (Å²) in [6.45, 7) is 0.404. The molecule has 0 aromatic heterocycles. The van der Waals surface area contributed by atoms with E-state index in [1.54, 1.807) is 30.5 Å². The van der Waals surface area contributed by atoms with Crippen LogP contribution in [-0.2, 0) is 4.79 Å². The van der Waals surface area contributed by atoms with E-state index in [0.29, 0.717) is 12.1 Å². The first-order valence-corrected chi connectivity index (χ1v) is 5.93. The van der Waals surface area contributed by atoms with Crippen molar-refractivity contribution in [3.63, 3.8) is 0 Å². The van der Waals surface area contributed by atoms with Gasteiger partial charge in [0, 0.05) is 6.54 Å². The number of carboxylic acids is 1. The number of halogens is 1. The van der Waals surface area contributed by atoms with E-state index in [0.717, 1.165) is 0 Å². The maximum absolute atomic E-state index is 13.7. The molecule has 0 bridgehead atoms.